The first-order valence-electron chi connectivity index (χ1n) is 9.26. The summed E-state index contributed by atoms with van der Waals surface area (Å²) in [5.74, 6) is 1.05. The van der Waals surface area contributed by atoms with Crippen LogP contribution in [-0.2, 0) is 14.9 Å². The van der Waals surface area contributed by atoms with E-state index in [9.17, 15) is 0 Å². The normalized spacial score (nSPS) is 48.6. The van der Waals surface area contributed by atoms with Gasteiger partial charge >= 0.3 is 7.69 Å². The molecule has 3 heteroatoms. The Morgan fingerprint density at radius 3 is 2.52 bits per heavy atom. The van der Waals surface area contributed by atoms with Crippen LogP contribution in [0.4, 0.5) is 0 Å². The van der Waals surface area contributed by atoms with Gasteiger partial charge in [-0.3, -0.25) is 0 Å². The van der Waals surface area contributed by atoms with Gasteiger partial charge in [-0.1, -0.05) is 64.4 Å². The number of hydrogen-bond donors (Lipinski definition) is 0. The van der Waals surface area contributed by atoms with Crippen LogP contribution in [0.3, 0.4) is 0 Å². The van der Waals surface area contributed by atoms with Crippen molar-refractivity contribution in [1.82, 2.24) is 0 Å². The lowest BCUT2D eigenvalue weighted by molar-refractivity contribution is -0.0701. The molecule has 0 amide bonds. The zero-order valence-electron chi connectivity index (χ0n) is 15.0. The summed E-state index contributed by atoms with van der Waals surface area (Å²) in [6, 6.07) is 10.8. The van der Waals surface area contributed by atoms with E-state index in [4.69, 9.17) is 9.31 Å². The second-order valence-corrected chi connectivity index (χ2v) is 8.78. The average Bonchev–Trinajstić information content (AvgIpc) is 2.89. The molecule has 1 aromatic rings. The molecule has 0 bridgehead atoms. The molecule has 23 heavy (non-hydrogen) atoms. The lowest BCUT2D eigenvalue weighted by Crippen LogP contribution is -2.49. The summed E-state index contributed by atoms with van der Waals surface area (Å²) in [7, 11) is 0.438. The third kappa shape index (κ3) is 2.09. The van der Waals surface area contributed by atoms with Crippen molar-refractivity contribution in [3.63, 3.8) is 0 Å². The molecule has 2 saturated carbocycles. The first-order valence-corrected chi connectivity index (χ1v) is 9.26. The lowest BCUT2D eigenvalue weighted by Gasteiger charge is -2.47. The molecule has 2 nitrogen and oxygen atoms in total. The van der Waals surface area contributed by atoms with Crippen LogP contribution in [0.1, 0.15) is 58.9 Å². The minimum Gasteiger partial charge on any atom is -0.408 e. The smallest absolute Gasteiger partial charge is 0.408 e. The summed E-state index contributed by atoms with van der Waals surface area (Å²) in [6.45, 7) is 9.69. The number of hydrogen-bond acceptors (Lipinski definition) is 2. The molecule has 4 rings (SSSR count). The minimum absolute atomic E-state index is 0.187. The molecule has 0 N–H and O–H groups in total. The van der Waals surface area contributed by atoms with E-state index in [1.54, 1.807) is 0 Å². The first-order chi connectivity index (χ1) is 11.0. The lowest BCUT2D eigenvalue weighted by atomic mass is 9.65. The molecule has 1 heterocycles. The molecule has 5 unspecified atom stereocenters. The molecule has 0 spiro atoms. The number of benzene rings is 1. The van der Waals surface area contributed by atoms with Crippen molar-refractivity contribution in [2.45, 2.75) is 65.1 Å². The molecule has 0 radical (unpaired) electrons. The second kappa shape index (κ2) is 5.10. The monoisotopic (exact) mass is 312 g/mol. The molecule has 0 aromatic heterocycles. The van der Waals surface area contributed by atoms with Gasteiger partial charge in [0, 0.05) is 0 Å². The highest BCUT2D eigenvalue weighted by Gasteiger charge is 2.66. The van der Waals surface area contributed by atoms with Gasteiger partial charge in [-0.05, 0) is 47.5 Å². The van der Waals surface area contributed by atoms with Crippen molar-refractivity contribution in [2.75, 3.05) is 0 Å². The van der Waals surface area contributed by atoms with Crippen molar-refractivity contribution in [2.24, 2.45) is 22.7 Å². The summed E-state index contributed by atoms with van der Waals surface area (Å²) in [4.78, 5) is 0. The van der Waals surface area contributed by atoms with Crippen molar-refractivity contribution in [1.29, 1.82) is 0 Å². The Balaban J connectivity index is 1.82. The highest BCUT2D eigenvalue weighted by atomic mass is 16.6. The van der Waals surface area contributed by atoms with Crippen LogP contribution in [0.2, 0.25) is 0 Å². The van der Waals surface area contributed by atoms with E-state index in [1.165, 1.54) is 31.2 Å². The van der Waals surface area contributed by atoms with Gasteiger partial charge in [-0.25, -0.2) is 0 Å². The van der Waals surface area contributed by atoms with Gasteiger partial charge in [0.2, 0.25) is 0 Å². The van der Waals surface area contributed by atoms with E-state index in [-0.39, 0.29) is 11.7 Å². The Morgan fingerprint density at radius 2 is 1.83 bits per heavy atom. The third-order valence-corrected chi connectivity index (χ3v) is 7.46. The Bertz CT molecular complexity index is 591. The van der Waals surface area contributed by atoms with Crippen molar-refractivity contribution < 1.29 is 9.31 Å². The zero-order valence-corrected chi connectivity index (χ0v) is 15.0. The quantitative estimate of drug-likeness (QED) is 0.752. The Kier molecular flexibility index (Phi) is 3.48. The molecule has 1 aliphatic heterocycles. The highest BCUT2D eigenvalue weighted by Crippen LogP contribution is 2.72. The van der Waals surface area contributed by atoms with E-state index >= 15 is 0 Å². The summed E-state index contributed by atoms with van der Waals surface area (Å²) in [6.07, 6.45) is 5.22. The Morgan fingerprint density at radius 1 is 1.13 bits per heavy atom. The molecular formula is C20H29BO2. The van der Waals surface area contributed by atoms with Gasteiger partial charge in [0.25, 0.3) is 0 Å². The Hall–Kier alpha value is -0.795. The summed E-state index contributed by atoms with van der Waals surface area (Å²) in [5, 5.41) is 0. The van der Waals surface area contributed by atoms with Gasteiger partial charge in [0.05, 0.1) is 6.10 Å². The van der Waals surface area contributed by atoms with Crippen LogP contribution in [-0.4, -0.2) is 13.8 Å². The standard InChI is InChI=1S/C20H29BO2/c1-5-15-12-19(4)13-18(19,3)11-14(2)20(17(15)22-21-23-20)16-9-7-6-8-10-16/h6-10,14-15,17,21H,5,11-13H2,1-4H3/t14?,15-,17?,18?,19?,20?/m0/s1. The molecular weight excluding hydrogens is 283 g/mol. The third-order valence-electron chi connectivity index (χ3n) is 7.46. The fourth-order valence-electron chi connectivity index (χ4n) is 5.88. The fourth-order valence-corrected chi connectivity index (χ4v) is 5.88. The van der Waals surface area contributed by atoms with Crippen molar-refractivity contribution >= 4 is 7.69 Å². The van der Waals surface area contributed by atoms with E-state index in [0.29, 0.717) is 30.4 Å². The first kappa shape index (κ1) is 15.7. The van der Waals surface area contributed by atoms with Gasteiger partial charge < -0.3 is 9.31 Å². The summed E-state index contributed by atoms with van der Waals surface area (Å²) >= 11 is 0. The van der Waals surface area contributed by atoms with Crippen molar-refractivity contribution in [3.8, 4) is 0 Å². The van der Waals surface area contributed by atoms with Crippen LogP contribution >= 0.6 is 0 Å². The fraction of sp³-hybridized carbons (Fsp3) is 0.700. The van der Waals surface area contributed by atoms with Crippen LogP contribution in [0.25, 0.3) is 0 Å². The average molecular weight is 312 g/mol. The topological polar surface area (TPSA) is 18.5 Å². The minimum atomic E-state index is -0.269. The predicted octanol–water partition coefficient (Wildman–Crippen LogP) is 4.44. The largest absolute Gasteiger partial charge is 0.439 e. The maximum atomic E-state index is 6.43. The maximum Gasteiger partial charge on any atom is 0.439 e. The molecule has 2 aliphatic carbocycles. The molecule has 3 aliphatic rings. The molecule has 6 atom stereocenters. The molecule has 124 valence electrons. The van der Waals surface area contributed by atoms with E-state index in [0.717, 1.165) is 0 Å². The van der Waals surface area contributed by atoms with Crippen molar-refractivity contribution in [3.05, 3.63) is 35.9 Å². The maximum absolute atomic E-state index is 6.43. The van der Waals surface area contributed by atoms with E-state index in [1.807, 2.05) is 0 Å². The van der Waals surface area contributed by atoms with Gasteiger partial charge in [0.15, 0.2) is 0 Å². The summed E-state index contributed by atoms with van der Waals surface area (Å²) in [5.41, 5.74) is 2.01. The van der Waals surface area contributed by atoms with Crippen LogP contribution in [0.5, 0.6) is 0 Å². The summed E-state index contributed by atoms with van der Waals surface area (Å²) < 4.78 is 12.7. The molecule has 1 saturated heterocycles. The van der Waals surface area contributed by atoms with Gasteiger partial charge in [-0.15, -0.1) is 0 Å². The number of rotatable bonds is 2. The van der Waals surface area contributed by atoms with Gasteiger partial charge in [-0.2, -0.15) is 0 Å². The zero-order chi connectivity index (χ0) is 16.3. The second-order valence-electron chi connectivity index (χ2n) is 8.78. The predicted molar refractivity (Wildman–Crippen MR) is 94.2 cm³/mol. The van der Waals surface area contributed by atoms with Crippen LogP contribution in [0.15, 0.2) is 30.3 Å². The highest BCUT2D eigenvalue weighted by molar-refractivity contribution is 6.19. The molecule has 3 fully saturated rings. The van der Waals surface area contributed by atoms with Gasteiger partial charge in [0.1, 0.15) is 5.60 Å². The number of fused-ring (bicyclic) bond motifs is 2. The Labute approximate surface area is 141 Å². The van der Waals surface area contributed by atoms with Crippen LogP contribution < -0.4 is 0 Å². The molecule has 1 aromatic carbocycles. The van der Waals surface area contributed by atoms with E-state index in [2.05, 4.69) is 58.0 Å². The van der Waals surface area contributed by atoms with Crippen LogP contribution in [0, 0.1) is 22.7 Å². The van der Waals surface area contributed by atoms with E-state index < -0.39 is 0 Å². The SMILES string of the molecule is CC[C@H]1CC2(C)CC2(C)CC(C)C2(c3ccccc3)OBOC12.